The van der Waals surface area contributed by atoms with Crippen molar-refractivity contribution in [3.8, 4) is 11.3 Å². The number of carbonyl (C=O) groups is 1. The lowest BCUT2D eigenvalue weighted by Gasteiger charge is -2.18. The normalized spacial score (nSPS) is 10.9. The average molecular weight is 425 g/mol. The molecule has 28 heavy (non-hydrogen) atoms. The highest BCUT2D eigenvalue weighted by Gasteiger charge is 2.16. The summed E-state index contributed by atoms with van der Waals surface area (Å²) < 4.78 is 32.3. The summed E-state index contributed by atoms with van der Waals surface area (Å²) in [6.45, 7) is 0.315. The Bertz CT molecular complexity index is 1010. The molecule has 0 saturated heterocycles. The van der Waals surface area contributed by atoms with Gasteiger partial charge in [0.1, 0.15) is 11.6 Å². The first-order valence-electron chi connectivity index (χ1n) is 8.42. The van der Waals surface area contributed by atoms with Crippen molar-refractivity contribution in [1.29, 1.82) is 0 Å². The molecule has 3 aromatic rings. The van der Waals surface area contributed by atoms with Crippen molar-refractivity contribution in [2.75, 3.05) is 7.05 Å². The van der Waals surface area contributed by atoms with Crippen molar-refractivity contribution >= 4 is 29.1 Å². The number of nitrogens with zero attached hydrogens (tertiary/aromatic N) is 2. The number of aromatic nitrogens is 1. The van der Waals surface area contributed by atoms with Crippen LogP contribution in [0.4, 0.5) is 8.78 Å². The highest BCUT2D eigenvalue weighted by Crippen LogP contribution is 2.27. The van der Waals surface area contributed by atoms with Gasteiger partial charge in [-0.3, -0.25) is 4.79 Å². The van der Waals surface area contributed by atoms with Crippen LogP contribution < -0.4 is 0 Å². The molecule has 0 aliphatic heterocycles. The minimum atomic E-state index is -0.739. The van der Waals surface area contributed by atoms with Crippen molar-refractivity contribution in [1.82, 2.24) is 9.88 Å². The lowest BCUT2D eigenvalue weighted by atomic mass is 10.2. The second-order valence-electron chi connectivity index (χ2n) is 6.21. The molecule has 0 saturated carbocycles. The van der Waals surface area contributed by atoms with Crippen LogP contribution in [0.5, 0.6) is 0 Å². The van der Waals surface area contributed by atoms with Gasteiger partial charge >= 0.3 is 0 Å². The zero-order valence-corrected chi connectivity index (χ0v) is 16.4. The van der Waals surface area contributed by atoms with Crippen LogP contribution in [0.1, 0.15) is 17.9 Å². The highest BCUT2D eigenvalue weighted by molar-refractivity contribution is 6.42. The molecule has 0 spiro atoms. The molecule has 1 amide bonds. The molecule has 0 aliphatic rings. The maximum atomic E-state index is 13.8. The first-order chi connectivity index (χ1) is 13.3. The Kier molecular flexibility index (Phi) is 6.31. The number of hydrogen-bond donors (Lipinski definition) is 0. The zero-order chi connectivity index (χ0) is 20.3. The molecule has 0 unspecified atom stereocenters. The molecule has 3 rings (SSSR count). The predicted octanol–water partition coefficient (Wildman–Crippen LogP) is 5.52. The van der Waals surface area contributed by atoms with Gasteiger partial charge in [-0.05, 0) is 23.8 Å². The van der Waals surface area contributed by atoms with Crippen LogP contribution >= 0.6 is 23.2 Å². The van der Waals surface area contributed by atoms with Crippen LogP contribution in [-0.4, -0.2) is 22.8 Å². The molecule has 1 heterocycles. The first kappa shape index (κ1) is 20.3. The largest absolute Gasteiger partial charge is 0.441 e. The minimum absolute atomic E-state index is 0.110. The summed E-state index contributed by atoms with van der Waals surface area (Å²) in [4.78, 5) is 18.0. The number of rotatable bonds is 6. The van der Waals surface area contributed by atoms with E-state index in [4.69, 9.17) is 27.6 Å². The fourth-order valence-corrected chi connectivity index (χ4v) is 3.04. The van der Waals surface area contributed by atoms with E-state index in [0.29, 0.717) is 22.5 Å². The average Bonchev–Trinajstić information content (AvgIpc) is 3.12. The Hall–Kier alpha value is -2.44. The van der Waals surface area contributed by atoms with Gasteiger partial charge in [0.2, 0.25) is 5.91 Å². The van der Waals surface area contributed by atoms with Crippen LogP contribution in [0.15, 0.2) is 47.0 Å². The number of hydrogen-bond acceptors (Lipinski definition) is 3. The van der Waals surface area contributed by atoms with Gasteiger partial charge < -0.3 is 9.32 Å². The SMILES string of the molecule is CN(Cc1cccc(Cl)c1Cl)C(=O)CCc1ncc(-c2ccc(F)cc2F)o1. The molecule has 0 radical (unpaired) electrons. The van der Waals surface area contributed by atoms with Crippen molar-refractivity contribution < 1.29 is 18.0 Å². The minimum Gasteiger partial charge on any atom is -0.441 e. The number of amides is 1. The fourth-order valence-electron chi connectivity index (χ4n) is 2.66. The topological polar surface area (TPSA) is 46.3 Å². The highest BCUT2D eigenvalue weighted by atomic mass is 35.5. The molecule has 146 valence electrons. The first-order valence-corrected chi connectivity index (χ1v) is 9.17. The third kappa shape index (κ3) is 4.69. The zero-order valence-electron chi connectivity index (χ0n) is 14.9. The summed E-state index contributed by atoms with van der Waals surface area (Å²) in [5.41, 5.74) is 0.856. The van der Waals surface area contributed by atoms with E-state index in [-0.39, 0.29) is 30.1 Å². The fraction of sp³-hybridized carbons (Fsp3) is 0.200. The lowest BCUT2D eigenvalue weighted by molar-refractivity contribution is -0.130. The molecule has 0 fully saturated rings. The van der Waals surface area contributed by atoms with Gasteiger partial charge in [0, 0.05) is 32.5 Å². The van der Waals surface area contributed by atoms with E-state index >= 15 is 0 Å². The van der Waals surface area contributed by atoms with Crippen LogP contribution in [0.2, 0.25) is 10.0 Å². The molecule has 8 heteroatoms. The summed E-state index contributed by atoms with van der Waals surface area (Å²) in [6, 6.07) is 8.44. The summed E-state index contributed by atoms with van der Waals surface area (Å²) in [5.74, 6) is -1.07. The third-order valence-corrected chi connectivity index (χ3v) is 5.03. The lowest BCUT2D eigenvalue weighted by Crippen LogP contribution is -2.26. The van der Waals surface area contributed by atoms with E-state index in [0.717, 1.165) is 17.7 Å². The van der Waals surface area contributed by atoms with Gasteiger partial charge in [-0.15, -0.1) is 0 Å². The van der Waals surface area contributed by atoms with Crippen LogP contribution in [-0.2, 0) is 17.8 Å². The van der Waals surface area contributed by atoms with E-state index in [1.165, 1.54) is 17.2 Å². The Balaban J connectivity index is 1.60. The molecule has 0 aliphatic carbocycles. The maximum Gasteiger partial charge on any atom is 0.223 e. The van der Waals surface area contributed by atoms with E-state index < -0.39 is 11.6 Å². The second kappa shape index (κ2) is 8.71. The van der Waals surface area contributed by atoms with Crippen LogP contribution in [0, 0.1) is 11.6 Å². The second-order valence-corrected chi connectivity index (χ2v) is 6.99. The predicted molar refractivity (Wildman–Crippen MR) is 103 cm³/mol. The number of benzene rings is 2. The molecule has 0 N–H and O–H groups in total. The molecule has 0 atom stereocenters. The Morgan fingerprint density at radius 1 is 1.21 bits per heavy atom. The van der Waals surface area contributed by atoms with Gasteiger partial charge in [0.15, 0.2) is 11.7 Å². The van der Waals surface area contributed by atoms with Gasteiger partial charge in [-0.25, -0.2) is 13.8 Å². The van der Waals surface area contributed by atoms with Gasteiger partial charge in [-0.1, -0.05) is 35.3 Å². The molecular weight excluding hydrogens is 409 g/mol. The molecule has 4 nitrogen and oxygen atoms in total. The molecule has 0 bridgehead atoms. The Morgan fingerprint density at radius 3 is 2.75 bits per heavy atom. The van der Waals surface area contributed by atoms with Crippen molar-refractivity contribution in [2.24, 2.45) is 0 Å². The summed E-state index contributed by atoms with van der Waals surface area (Å²) in [6.07, 6.45) is 1.75. The molecule has 2 aromatic carbocycles. The van der Waals surface area contributed by atoms with E-state index in [2.05, 4.69) is 4.98 Å². The summed E-state index contributed by atoms with van der Waals surface area (Å²) in [7, 11) is 1.66. The van der Waals surface area contributed by atoms with Gasteiger partial charge in [0.05, 0.1) is 21.8 Å². The number of carbonyl (C=O) groups excluding carboxylic acids is 1. The maximum absolute atomic E-state index is 13.8. The summed E-state index contributed by atoms with van der Waals surface area (Å²) in [5, 5.41) is 0.850. The smallest absolute Gasteiger partial charge is 0.223 e. The Morgan fingerprint density at radius 2 is 2.00 bits per heavy atom. The van der Waals surface area contributed by atoms with E-state index in [1.54, 1.807) is 25.2 Å². The third-order valence-electron chi connectivity index (χ3n) is 4.17. The van der Waals surface area contributed by atoms with E-state index in [1.807, 2.05) is 0 Å². The molecular formula is C20H16Cl2F2N2O2. The van der Waals surface area contributed by atoms with Crippen molar-refractivity contribution in [3.05, 3.63) is 75.7 Å². The van der Waals surface area contributed by atoms with Gasteiger partial charge in [0.25, 0.3) is 0 Å². The quantitative estimate of drug-likeness (QED) is 0.523. The number of oxazole rings is 1. The standard InChI is InChI=1S/C20H16Cl2F2N2O2/c1-26(11-12-3-2-4-15(21)20(12)22)19(27)8-7-18-25-10-17(28-18)14-6-5-13(23)9-16(14)24/h2-6,9-10H,7-8,11H2,1H3. The number of halogens is 4. The van der Waals surface area contributed by atoms with Gasteiger partial charge in [-0.2, -0.15) is 0 Å². The van der Waals surface area contributed by atoms with Crippen LogP contribution in [0.25, 0.3) is 11.3 Å². The number of aryl methyl sites for hydroxylation is 1. The summed E-state index contributed by atoms with van der Waals surface area (Å²) >= 11 is 12.1. The van der Waals surface area contributed by atoms with Crippen LogP contribution in [0.3, 0.4) is 0 Å². The van der Waals surface area contributed by atoms with Crippen molar-refractivity contribution in [2.45, 2.75) is 19.4 Å². The monoisotopic (exact) mass is 424 g/mol. The Labute approximate surface area is 170 Å². The van der Waals surface area contributed by atoms with Crippen molar-refractivity contribution in [3.63, 3.8) is 0 Å². The molecule has 1 aromatic heterocycles. The van der Waals surface area contributed by atoms with E-state index in [9.17, 15) is 13.6 Å².